The van der Waals surface area contributed by atoms with E-state index in [0.717, 1.165) is 50.1 Å². The number of benzene rings is 1. The molecule has 1 saturated heterocycles. The van der Waals surface area contributed by atoms with E-state index in [9.17, 15) is 9.59 Å². The van der Waals surface area contributed by atoms with Crippen LogP contribution in [0.25, 0.3) is 0 Å². The Bertz CT molecular complexity index is 727. The van der Waals surface area contributed by atoms with Crippen LogP contribution in [0.4, 0.5) is 4.79 Å². The lowest BCUT2D eigenvalue weighted by molar-refractivity contribution is -0.136. The number of unbranched alkanes of at least 4 members (excludes halogenated alkanes) is 1. The summed E-state index contributed by atoms with van der Waals surface area (Å²) in [6, 6.07) is 7.74. The molecule has 1 heterocycles. The number of ether oxygens (including phenoxy) is 3. The van der Waals surface area contributed by atoms with Gasteiger partial charge in [0.15, 0.2) is 0 Å². The summed E-state index contributed by atoms with van der Waals surface area (Å²) in [4.78, 5) is 25.4. The quantitative estimate of drug-likeness (QED) is 0.307. The minimum atomic E-state index is -0.439. The van der Waals surface area contributed by atoms with Crippen molar-refractivity contribution in [3.63, 3.8) is 0 Å². The molecule has 6 heteroatoms. The maximum absolute atomic E-state index is 12.1. The Morgan fingerprint density at radius 3 is 2.32 bits per heavy atom. The number of hydrogen-bond donors (Lipinski definition) is 0. The molecular weight excluding hydrogens is 394 g/mol. The molecule has 0 radical (unpaired) electrons. The van der Waals surface area contributed by atoms with E-state index >= 15 is 0 Å². The van der Waals surface area contributed by atoms with Gasteiger partial charge in [0.25, 0.3) is 0 Å². The van der Waals surface area contributed by atoms with Crippen LogP contribution in [0.3, 0.4) is 0 Å². The first kappa shape index (κ1) is 24.8. The van der Waals surface area contributed by atoms with Crippen molar-refractivity contribution in [3.05, 3.63) is 42.0 Å². The molecule has 6 nitrogen and oxygen atoms in total. The van der Waals surface area contributed by atoms with Crippen LogP contribution in [0.5, 0.6) is 5.75 Å². The highest BCUT2D eigenvalue weighted by atomic mass is 16.6. The molecule has 0 spiro atoms. The Morgan fingerprint density at radius 1 is 1.10 bits per heavy atom. The lowest BCUT2D eigenvalue weighted by Gasteiger charge is -2.33. The molecule has 1 aliphatic heterocycles. The van der Waals surface area contributed by atoms with Crippen LogP contribution < -0.4 is 4.74 Å². The van der Waals surface area contributed by atoms with Gasteiger partial charge >= 0.3 is 12.1 Å². The molecule has 1 aromatic carbocycles. The number of amides is 1. The van der Waals surface area contributed by atoms with E-state index in [4.69, 9.17) is 9.47 Å². The number of carbonyl (C=O) groups is 2. The number of rotatable bonds is 9. The molecule has 1 aromatic rings. The number of esters is 1. The fourth-order valence-corrected chi connectivity index (χ4v) is 3.62. The summed E-state index contributed by atoms with van der Waals surface area (Å²) in [5.41, 5.74) is 1.000. The van der Waals surface area contributed by atoms with Crippen molar-refractivity contribution in [2.24, 2.45) is 5.92 Å². The third-order valence-electron chi connectivity index (χ3n) is 5.36. The second-order valence-electron chi connectivity index (χ2n) is 9.17. The standard InChI is InChI=1S/C25H37NO5/c1-19(23(27)29-5)18-21-9-11-22(12-10-21)30-17-7-6-8-20-13-15-26(16-14-20)24(28)31-25(2,3)4/h9-12,20H,1,6-8,13-18H2,2-5H3. The smallest absolute Gasteiger partial charge is 0.410 e. The Hall–Kier alpha value is -2.50. The van der Waals surface area contributed by atoms with Crippen molar-refractivity contribution >= 4 is 12.1 Å². The summed E-state index contributed by atoms with van der Waals surface area (Å²) in [5, 5.41) is 0. The number of hydrogen-bond acceptors (Lipinski definition) is 5. The van der Waals surface area contributed by atoms with Crippen LogP contribution in [-0.4, -0.2) is 49.4 Å². The van der Waals surface area contributed by atoms with E-state index in [0.29, 0.717) is 24.5 Å². The van der Waals surface area contributed by atoms with Crippen LogP contribution >= 0.6 is 0 Å². The van der Waals surface area contributed by atoms with Crippen molar-refractivity contribution in [1.29, 1.82) is 0 Å². The second kappa shape index (κ2) is 11.8. The van der Waals surface area contributed by atoms with Crippen LogP contribution in [-0.2, 0) is 20.7 Å². The molecule has 1 amide bonds. The molecule has 2 rings (SSSR count). The second-order valence-corrected chi connectivity index (χ2v) is 9.17. The van der Waals surface area contributed by atoms with Gasteiger partial charge in [0.05, 0.1) is 13.7 Å². The van der Waals surface area contributed by atoms with Crippen LogP contribution in [0.15, 0.2) is 36.4 Å². The van der Waals surface area contributed by atoms with Gasteiger partial charge < -0.3 is 19.1 Å². The van der Waals surface area contributed by atoms with Gasteiger partial charge in [-0.3, -0.25) is 0 Å². The van der Waals surface area contributed by atoms with Crippen molar-refractivity contribution < 1.29 is 23.8 Å². The zero-order valence-corrected chi connectivity index (χ0v) is 19.4. The van der Waals surface area contributed by atoms with Crippen LogP contribution in [0.2, 0.25) is 0 Å². The van der Waals surface area contributed by atoms with Gasteiger partial charge in [-0.2, -0.15) is 0 Å². The molecule has 0 aromatic heterocycles. The van der Waals surface area contributed by atoms with Crippen LogP contribution in [0.1, 0.15) is 58.4 Å². The number of methoxy groups -OCH3 is 1. The normalized spacial score (nSPS) is 14.8. The molecule has 0 N–H and O–H groups in total. The fourth-order valence-electron chi connectivity index (χ4n) is 3.62. The lowest BCUT2D eigenvalue weighted by atomic mass is 9.92. The Morgan fingerprint density at radius 2 is 1.74 bits per heavy atom. The highest BCUT2D eigenvalue weighted by molar-refractivity contribution is 5.88. The Balaban J connectivity index is 1.59. The largest absolute Gasteiger partial charge is 0.494 e. The maximum atomic E-state index is 12.1. The van der Waals surface area contributed by atoms with Crippen molar-refractivity contribution in [1.82, 2.24) is 4.90 Å². The van der Waals surface area contributed by atoms with Crippen LogP contribution in [0, 0.1) is 5.92 Å². The molecule has 31 heavy (non-hydrogen) atoms. The van der Waals surface area contributed by atoms with E-state index in [1.54, 1.807) is 0 Å². The summed E-state index contributed by atoms with van der Waals surface area (Å²) in [7, 11) is 1.36. The summed E-state index contributed by atoms with van der Waals surface area (Å²) in [6.45, 7) is 11.7. The predicted octanol–water partition coefficient (Wildman–Crippen LogP) is 5.15. The molecule has 0 saturated carbocycles. The highest BCUT2D eigenvalue weighted by Crippen LogP contribution is 2.24. The summed E-state index contributed by atoms with van der Waals surface area (Å²) < 4.78 is 16.0. The van der Waals surface area contributed by atoms with Gasteiger partial charge in [-0.25, -0.2) is 9.59 Å². The van der Waals surface area contributed by atoms with Gasteiger partial charge in [0, 0.05) is 25.1 Å². The van der Waals surface area contributed by atoms with Gasteiger partial charge in [-0.15, -0.1) is 0 Å². The van der Waals surface area contributed by atoms with Gasteiger partial charge in [-0.1, -0.05) is 25.1 Å². The van der Waals surface area contributed by atoms with Crippen molar-refractivity contribution in [3.8, 4) is 5.75 Å². The van der Waals surface area contributed by atoms with E-state index in [1.807, 2.05) is 49.9 Å². The number of nitrogens with zero attached hydrogens (tertiary/aromatic N) is 1. The molecule has 0 atom stereocenters. The topological polar surface area (TPSA) is 65.1 Å². The summed E-state index contributed by atoms with van der Waals surface area (Å²) >= 11 is 0. The molecule has 172 valence electrons. The Labute approximate surface area is 186 Å². The highest BCUT2D eigenvalue weighted by Gasteiger charge is 2.26. The molecular formula is C25H37NO5. The monoisotopic (exact) mass is 431 g/mol. The first-order chi connectivity index (χ1) is 14.7. The average Bonchev–Trinajstić information content (AvgIpc) is 2.73. The first-order valence-corrected chi connectivity index (χ1v) is 11.1. The van der Waals surface area contributed by atoms with Crippen molar-refractivity contribution in [2.75, 3.05) is 26.8 Å². The maximum Gasteiger partial charge on any atom is 0.410 e. The third-order valence-corrected chi connectivity index (χ3v) is 5.36. The number of piperidine rings is 1. The van der Waals surface area contributed by atoms with Crippen molar-refractivity contribution in [2.45, 2.75) is 64.9 Å². The molecule has 1 fully saturated rings. The van der Waals surface area contributed by atoms with E-state index in [1.165, 1.54) is 13.5 Å². The zero-order chi connectivity index (χ0) is 22.9. The lowest BCUT2D eigenvalue weighted by Crippen LogP contribution is -2.41. The van der Waals surface area contributed by atoms with E-state index in [-0.39, 0.29) is 12.1 Å². The third kappa shape index (κ3) is 9.03. The SMILES string of the molecule is C=C(Cc1ccc(OCCCCC2CCN(C(=O)OC(C)(C)C)CC2)cc1)C(=O)OC. The molecule has 0 aliphatic carbocycles. The predicted molar refractivity (Wildman–Crippen MR) is 121 cm³/mol. The van der Waals surface area contributed by atoms with Gasteiger partial charge in [0.1, 0.15) is 11.4 Å². The minimum Gasteiger partial charge on any atom is -0.494 e. The average molecular weight is 432 g/mol. The summed E-state index contributed by atoms with van der Waals surface area (Å²) in [5.74, 6) is 1.12. The summed E-state index contributed by atoms with van der Waals surface area (Å²) in [6.07, 6.45) is 5.65. The number of likely N-dealkylation sites (tertiary alicyclic amines) is 1. The molecule has 0 unspecified atom stereocenters. The molecule has 0 bridgehead atoms. The van der Waals surface area contributed by atoms with E-state index in [2.05, 4.69) is 11.3 Å². The first-order valence-electron chi connectivity index (χ1n) is 11.1. The van der Waals surface area contributed by atoms with Gasteiger partial charge in [-0.05, 0) is 70.1 Å². The Kier molecular flexibility index (Phi) is 9.41. The zero-order valence-electron chi connectivity index (χ0n) is 19.4. The van der Waals surface area contributed by atoms with Gasteiger partial charge in [0.2, 0.25) is 0 Å². The minimum absolute atomic E-state index is 0.194. The molecule has 1 aliphatic rings. The fraction of sp³-hybridized carbons (Fsp3) is 0.600. The number of carbonyl (C=O) groups excluding carboxylic acids is 2. The van der Waals surface area contributed by atoms with E-state index < -0.39 is 5.60 Å².